The summed E-state index contributed by atoms with van der Waals surface area (Å²) in [5.41, 5.74) is 2.68. The summed E-state index contributed by atoms with van der Waals surface area (Å²) in [6.45, 7) is 8.80. The van der Waals surface area contributed by atoms with Crippen LogP contribution < -0.4 is 0 Å². The van der Waals surface area contributed by atoms with Crippen LogP contribution in [0.1, 0.15) is 44.2 Å². The summed E-state index contributed by atoms with van der Waals surface area (Å²) in [6, 6.07) is 8.68. The quantitative estimate of drug-likeness (QED) is 0.799. The van der Waals surface area contributed by atoms with Crippen LogP contribution in [0.2, 0.25) is 0 Å². The monoisotopic (exact) mass is 206 g/mol. The molecule has 15 heavy (non-hydrogen) atoms. The zero-order valence-corrected chi connectivity index (χ0v) is 10.2. The normalized spacial score (nSPS) is 13.9. The van der Waals surface area contributed by atoms with E-state index in [2.05, 4.69) is 52.0 Å². The van der Waals surface area contributed by atoms with Crippen LogP contribution >= 0.6 is 0 Å². The lowest BCUT2D eigenvalue weighted by Crippen LogP contribution is -2.19. The first-order valence-electron chi connectivity index (χ1n) is 5.62. The van der Waals surface area contributed by atoms with Crippen molar-refractivity contribution in [2.24, 2.45) is 5.41 Å². The molecular weight excluding hydrogens is 184 g/mol. The number of rotatable bonds is 4. The SMILES string of the molecule is Cc1ccc([C@H](C)CC(C)(C)CO)cc1. The van der Waals surface area contributed by atoms with Crippen LogP contribution in [0.25, 0.3) is 0 Å². The Morgan fingerprint density at radius 3 is 2.20 bits per heavy atom. The predicted molar refractivity (Wildman–Crippen MR) is 65.1 cm³/mol. The van der Waals surface area contributed by atoms with Crippen LogP contribution in [-0.2, 0) is 0 Å². The van der Waals surface area contributed by atoms with Crippen molar-refractivity contribution in [2.75, 3.05) is 6.61 Å². The molecule has 0 aromatic heterocycles. The van der Waals surface area contributed by atoms with Gasteiger partial charge in [0.05, 0.1) is 0 Å². The molecule has 0 unspecified atom stereocenters. The minimum absolute atomic E-state index is 0.0182. The lowest BCUT2D eigenvalue weighted by Gasteiger charge is -2.26. The van der Waals surface area contributed by atoms with Gasteiger partial charge in [0.15, 0.2) is 0 Å². The van der Waals surface area contributed by atoms with Gasteiger partial charge in [0.2, 0.25) is 0 Å². The fourth-order valence-corrected chi connectivity index (χ4v) is 1.91. The zero-order chi connectivity index (χ0) is 11.5. The minimum atomic E-state index is 0.0182. The summed E-state index contributed by atoms with van der Waals surface area (Å²) in [5.74, 6) is 0.507. The second-order valence-corrected chi connectivity index (χ2v) is 5.34. The van der Waals surface area contributed by atoms with Crippen molar-refractivity contribution in [1.82, 2.24) is 0 Å². The van der Waals surface area contributed by atoms with Gasteiger partial charge < -0.3 is 5.11 Å². The molecule has 1 aromatic carbocycles. The molecule has 0 saturated carbocycles. The maximum atomic E-state index is 9.23. The first kappa shape index (κ1) is 12.3. The third-order valence-electron chi connectivity index (χ3n) is 2.93. The fraction of sp³-hybridized carbons (Fsp3) is 0.571. The molecule has 1 atom stereocenters. The molecule has 0 aliphatic carbocycles. The van der Waals surface area contributed by atoms with Crippen molar-refractivity contribution >= 4 is 0 Å². The average molecular weight is 206 g/mol. The molecule has 0 spiro atoms. The van der Waals surface area contributed by atoms with Gasteiger partial charge in [-0.2, -0.15) is 0 Å². The van der Waals surface area contributed by atoms with Crippen LogP contribution in [0.15, 0.2) is 24.3 Å². The summed E-state index contributed by atoms with van der Waals surface area (Å²) in [4.78, 5) is 0. The third kappa shape index (κ3) is 3.67. The van der Waals surface area contributed by atoms with Crippen LogP contribution in [0.3, 0.4) is 0 Å². The number of hydrogen-bond donors (Lipinski definition) is 1. The second kappa shape index (κ2) is 4.80. The van der Waals surface area contributed by atoms with Gasteiger partial charge in [0, 0.05) is 6.61 Å². The molecule has 0 radical (unpaired) electrons. The van der Waals surface area contributed by atoms with Crippen molar-refractivity contribution in [3.05, 3.63) is 35.4 Å². The lowest BCUT2D eigenvalue weighted by atomic mass is 9.81. The van der Waals surface area contributed by atoms with Crippen molar-refractivity contribution in [1.29, 1.82) is 0 Å². The van der Waals surface area contributed by atoms with Gasteiger partial charge >= 0.3 is 0 Å². The molecule has 1 N–H and O–H groups in total. The van der Waals surface area contributed by atoms with E-state index in [1.165, 1.54) is 11.1 Å². The molecule has 84 valence electrons. The molecule has 1 nitrogen and oxygen atoms in total. The fourth-order valence-electron chi connectivity index (χ4n) is 1.91. The van der Waals surface area contributed by atoms with E-state index in [9.17, 15) is 5.11 Å². The molecule has 1 rings (SSSR count). The highest BCUT2D eigenvalue weighted by molar-refractivity contribution is 5.24. The van der Waals surface area contributed by atoms with Gasteiger partial charge in [-0.25, -0.2) is 0 Å². The maximum absolute atomic E-state index is 9.23. The standard InChI is InChI=1S/C14H22O/c1-11-5-7-13(8-6-11)12(2)9-14(3,4)10-15/h5-8,12,15H,9-10H2,1-4H3/t12-/m1/s1. The Hall–Kier alpha value is -0.820. The van der Waals surface area contributed by atoms with Crippen molar-refractivity contribution in [3.63, 3.8) is 0 Å². The van der Waals surface area contributed by atoms with E-state index in [-0.39, 0.29) is 12.0 Å². The van der Waals surface area contributed by atoms with E-state index in [1.54, 1.807) is 0 Å². The summed E-state index contributed by atoms with van der Waals surface area (Å²) < 4.78 is 0. The van der Waals surface area contributed by atoms with Crippen molar-refractivity contribution in [2.45, 2.75) is 40.0 Å². The first-order valence-corrected chi connectivity index (χ1v) is 5.62. The van der Waals surface area contributed by atoms with Gasteiger partial charge in [-0.15, -0.1) is 0 Å². The summed E-state index contributed by atoms with van der Waals surface area (Å²) in [7, 11) is 0. The van der Waals surface area contributed by atoms with Gasteiger partial charge in [-0.05, 0) is 30.2 Å². The van der Waals surface area contributed by atoms with Gasteiger partial charge in [0.1, 0.15) is 0 Å². The van der Waals surface area contributed by atoms with Crippen LogP contribution in [0.5, 0.6) is 0 Å². The van der Waals surface area contributed by atoms with E-state index in [4.69, 9.17) is 0 Å². The van der Waals surface area contributed by atoms with Crippen LogP contribution in [-0.4, -0.2) is 11.7 Å². The number of aryl methyl sites for hydroxylation is 1. The molecule has 0 amide bonds. The molecule has 0 heterocycles. The van der Waals surface area contributed by atoms with E-state index >= 15 is 0 Å². The molecule has 0 fully saturated rings. The molecule has 0 aliphatic heterocycles. The predicted octanol–water partition coefficient (Wildman–Crippen LogP) is 3.51. The Bertz CT molecular complexity index is 298. The first-order chi connectivity index (χ1) is 6.94. The van der Waals surface area contributed by atoms with Gasteiger partial charge in [0.25, 0.3) is 0 Å². The van der Waals surface area contributed by atoms with Gasteiger partial charge in [-0.1, -0.05) is 50.6 Å². The highest BCUT2D eigenvalue weighted by Crippen LogP contribution is 2.30. The highest BCUT2D eigenvalue weighted by Gasteiger charge is 2.20. The van der Waals surface area contributed by atoms with Gasteiger partial charge in [-0.3, -0.25) is 0 Å². The zero-order valence-electron chi connectivity index (χ0n) is 10.2. The Morgan fingerprint density at radius 1 is 1.20 bits per heavy atom. The third-order valence-corrected chi connectivity index (χ3v) is 2.93. The number of aliphatic hydroxyl groups excluding tert-OH is 1. The summed E-state index contributed by atoms with van der Waals surface area (Å²) in [6.07, 6.45) is 1.02. The Kier molecular flexibility index (Phi) is 3.92. The Balaban J connectivity index is 2.69. The van der Waals surface area contributed by atoms with Crippen LogP contribution in [0.4, 0.5) is 0 Å². The van der Waals surface area contributed by atoms with E-state index in [0.717, 1.165) is 6.42 Å². The topological polar surface area (TPSA) is 20.2 Å². The number of hydrogen-bond acceptors (Lipinski definition) is 1. The molecular formula is C14H22O. The molecule has 1 aromatic rings. The number of aliphatic hydroxyl groups is 1. The Morgan fingerprint density at radius 2 is 1.73 bits per heavy atom. The molecule has 1 heteroatoms. The van der Waals surface area contributed by atoms with Crippen molar-refractivity contribution < 1.29 is 5.11 Å². The molecule has 0 saturated heterocycles. The molecule has 0 bridgehead atoms. The lowest BCUT2D eigenvalue weighted by molar-refractivity contribution is 0.143. The van der Waals surface area contributed by atoms with Crippen LogP contribution in [0, 0.1) is 12.3 Å². The van der Waals surface area contributed by atoms with E-state index in [0.29, 0.717) is 5.92 Å². The van der Waals surface area contributed by atoms with Crippen molar-refractivity contribution in [3.8, 4) is 0 Å². The minimum Gasteiger partial charge on any atom is -0.396 e. The maximum Gasteiger partial charge on any atom is 0.0482 e. The second-order valence-electron chi connectivity index (χ2n) is 5.34. The Labute approximate surface area is 93.1 Å². The largest absolute Gasteiger partial charge is 0.396 e. The molecule has 0 aliphatic rings. The highest BCUT2D eigenvalue weighted by atomic mass is 16.3. The smallest absolute Gasteiger partial charge is 0.0482 e. The summed E-state index contributed by atoms with van der Waals surface area (Å²) >= 11 is 0. The average Bonchev–Trinajstić information content (AvgIpc) is 2.18. The summed E-state index contributed by atoms with van der Waals surface area (Å²) in [5, 5.41) is 9.23. The van der Waals surface area contributed by atoms with E-state index in [1.807, 2.05) is 0 Å². The van der Waals surface area contributed by atoms with E-state index < -0.39 is 0 Å². The number of benzene rings is 1.